The third kappa shape index (κ3) is 3.84. The molecule has 112 valence electrons. The molecule has 0 spiro atoms. The molecule has 2 rings (SSSR count). The SMILES string of the molecule is Cc1ccc(NC(=O)Cn2ccc(C(F)(F)F)n2)cc1C. The van der Waals surface area contributed by atoms with Crippen LogP contribution in [0.4, 0.5) is 18.9 Å². The van der Waals surface area contributed by atoms with E-state index in [1.165, 1.54) is 0 Å². The Bertz CT molecular complexity index is 662. The van der Waals surface area contributed by atoms with E-state index in [2.05, 4.69) is 10.4 Å². The molecule has 0 saturated heterocycles. The number of benzene rings is 1. The first-order valence-electron chi connectivity index (χ1n) is 6.23. The fourth-order valence-corrected chi connectivity index (χ4v) is 1.77. The molecule has 1 aromatic carbocycles. The Balaban J connectivity index is 2.01. The summed E-state index contributed by atoms with van der Waals surface area (Å²) >= 11 is 0. The second-order valence-electron chi connectivity index (χ2n) is 4.74. The van der Waals surface area contributed by atoms with Crippen LogP contribution in [0.1, 0.15) is 16.8 Å². The molecule has 2 aromatic rings. The number of carbonyl (C=O) groups is 1. The van der Waals surface area contributed by atoms with Gasteiger partial charge in [-0.05, 0) is 43.2 Å². The van der Waals surface area contributed by atoms with Gasteiger partial charge in [0.25, 0.3) is 0 Å². The molecule has 1 heterocycles. The predicted octanol–water partition coefficient (Wildman–Crippen LogP) is 3.16. The van der Waals surface area contributed by atoms with Crippen LogP contribution >= 0.6 is 0 Å². The van der Waals surface area contributed by atoms with E-state index in [4.69, 9.17) is 0 Å². The van der Waals surface area contributed by atoms with Crippen molar-refractivity contribution in [3.8, 4) is 0 Å². The fraction of sp³-hybridized carbons (Fsp3) is 0.286. The van der Waals surface area contributed by atoms with Gasteiger partial charge in [-0.2, -0.15) is 18.3 Å². The van der Waals surface area contributed by atoms with Crippen LogP contribution in [0.3, 0.4) is 0 Å². The number of rotatable bonds is 3. The minimum absolute atomic E-state index is 0.275. The molecule has 4 nitrogen and oxygen atoms in total. The molecule has 21 heavy (non-hydrogen) atoms. The molecule has 0 unspecified atom stereocenters. The molecule has 0 atom stereocenters. The number of nitrogens with one attached hydrogen (secondary N) is 1. The highest BCUT2D eigenvalue weighted by molar-refractivity contribution is 5.90. The Hall–Kier alpha value is -2.31. The molecular formula is C14H14F3N3O. The van der Waals surface area contributed by atoms with E-state index in [1.54, 1.807) is 12.1 Å². The van der Waals surface area contributed by atoms with Crippen molar-refractivity contribution >= 4 is 11.6 Å². The predicted molar refractivity (Wildman–Crippen MR) is 71.8 cm³/mol. The zero-order chi connectivity index (χ0) is 15.6. The van der Waals surface area contributed by atoms with Crippen LogP contribution in [0.2, 0.25) is 0 Å². The minimum Gasteiger partial charge on any atom is -0.324 e. The van der Waals surface area contributed by atoms with Crippen molar-refractivity contribution < 1.29 is 18.0 Å². The third-order valence-corrected chi connectivity index (χ3v) is 3.03. The maximum Gasteiger partial charge on any atom is 0.435 e. The zero-order valence-electron chi connectivity index (χ0n) is 11.5. The molecule has 0 aliphatic carbocycles. The van der Waals surface area contributed by atoms with Gasteiger partial charge >= 0.3 is 6.18 Å². The second kappa shape index (κ2) is 5.59. The van der Waals surface area contributed by atoms with E-state index < -0.39 is 17.8 Å². The summed E-state index contributed by atoms with van der Waals surface area (Å²) in [6, 6.07) is 6.24. The number of anilines is 1. The highest BCUT2D eigenvalue weighted by Gasteiger charge is 2.33. The molecule has 0 aliphatic heterocycles. The van der Waals surface area contributed by atoms with Gasteiger partial charge in [0.05, 0.1) is 0 Å². The highest BCUT2D eigenvalue weighted by atomic mass is 19.4. The molecule has 0 radical (unpaired) electrons. The first-order valence-corrected chi connectivity index (χ1v) is 6.23. The van der Waals surface area contributed by atoms with Crippen molar-refractivity contribution in [3.05, 3.63) is 47.3 Å². The smallest absolute Gasteiger partial charge is 0.324 e. The first-order chi connectivity index (χ1) is 9.75. The lowest BCUT2D eigenvalue weighted by molar-refractivity contribution is -0.141. The lowest BCUT2D eigenvalue weighted by atomic mass is 10.1. The number of carbonyl (C=O) groups excluding carboxylic acids is 1. The molecular weight excluding hydrogens is 283 g/mol. The molecule has 0 aliphatic rings. The van der Waals surface area contributed by atoms with Crippen molar-refractivity contribution in [1.82, 2.24) is 9.78 Å². The zero-order valence-corrected chi connectivity index (χ0v) is 11.5. The Morgan fingerprint density at radius 2 is 1.95 bits per heavy atom. The van der Waals surface area contributed by atoms with Crippen LogP contribution in [0, 0.1) is 13.8 Å². The van der Waals surface area contributed by atoms with Gasteiger partial charge in [0.2, 0.25) is 5.91 Å². The lowest BCUT2D eigenvalue weighted by Gasteiger charge is -2.08. The van der Waals surface area contributed by atoms with Crippen molar-refractivity contribution in [2.24, 2.45) is 0 Å². The number of alkyl halides is 3. The van der Waals surface area contributed by atoms with Gasteiger partial charge in [0.1, 0.15) is 6.54 Å². The number of hydrogen-bond acceptors (Lipinski definition) is 2. The Labute approximate surface area is 119 Å². The fourth-order valence-electron chi connectivity index (χ4n) is 1.77. The summed E-state index contributed by atoms with van der Waals surface area (Å²) in [5.74, 6) is -0.435. The van der Waals surface area contributed by atoms with Crippen LogP contribution in [-0.4, -0.2) is 15.7 Å². The maximum atomic E-state index is 12.4. The van der Waals surface area contributed by atoms with E-state index in [1.807, 2.05) is 19.9 Å². The number of nitrogens with zero attached hydrogens (tertiary/aromatic N) is 2. The summed E-state index contributed by atoms with van der Waals surface area (Å²) in [7, 11) is 0. The summed E-state index contributed by atoms with van der Waals surface area (Å²) in [6.07, 6.45) is -3.38. The van der Waals surface area contributed by atoms with Gasteiger partial charge in [-0.3, -0.25) is 9.48 Å². The summed E-state index contributed by atoms with van der Waals surface area (Å²) in [6.45, 7) is 3.58. The van der Waals surface area contributed by atoms with Gasteiger partial charge in [-0.25, -0.2) is 0 Å². The van der Waals surface area contributed by atoms with Crippen LogP contribution in [-0.2, 0) is 17.5 Å². The normalized spacial score (nSPS) is 11.5. The maximum absolute atomic E-state index is 12.4. The Kier molecular flexibility index (Phi) is 4.02. The van der Waals surface area contributed by atoms with Gasteiger partial charge in [0, 0.05) is 11.9 Å². The monoisotopic (exact) mass is 297 g/mol. The minimum atomic E-state index is -4.50. The number of aromatic nitrogens is 2. The van der Waals surface area contributed by atoms with Crippen molar-refractivity contribution in [2.45, 2.75) is 26.6 Å². The van der Waals surface area contributed by atoms with E-state index in [9.17, 15) is 18.0 Å². The average molecular weight is 297 g/mol. The second-order valence-corrected chi connectivity index (χ2v) is 4.74. The van der Waals surface area contributed by atoms with Crippen LogP contribution in [0.5, 0.6) is 0 Å². The molecule has 1 N–H and O–H groups in total. The molecule has 0 bridgehead atoms. The summed E-state index contributed by atoms with van der Waals surface area (Å²) in [5, 5.41) is 5.95. The topological polar surface area (TPSA) is 46.9 Å². The summed E-state index contributed by atoms with van der Waals surface area (Å²) in [4.78, 5) is 11.8. The number of hydrogen-bond donors (Lipinski definition) is 1. The first kappa shape index (κ1) is 15.1. The highest BCUT2D eigenvalue weighted by Crippen LogP contribution is 2.27. The third-order valence-electron chi connectivity index (χ3n) is 3.03. The van der Waals surface area contributed by atoms with Gasteiger partial charge in [-0.1, -0.05) is 6.07 Å². The average Bonchev–Trinajstić information content (AvgIpc) is 2.82. The van der Waals surface area contributed by atoms with E-state index in [0.717, 1.165) is 28.1 Å². The van der Waals surface area contributed by atoms with E-state index in [-0.39, 0.29) is 6.54 Å². The molecule has 7 heteroatoms. The Morgan fingerprint density at radius 1 is 1.24 bits per heavy atom. The molecule has 0 fully saturated rings. The standard InChI is InChI=1S/C14H14F3N3O/c1-9-3-4-11(7-10(9)2)18-13(21)8-20-6-5-12(19-20)14(15,16)17/h3-7H,8H2,1-2H3,(H,18,21). The lowest BCUT2D eigenvalue weighted by Crippen LogP contribution is -2.19. The quantitative estimate of drug-likeness (QED) is 0.946. The van der Waals surface area contributed by atoms with Gasteiger partial charge in [0.15, 0.2) is 5.69 Å². The Morgan fingerprint density at radius 3 is 2.52 bits per heavy atom. The van der Waals surface area contributed by atoms with Crippen LogP contribution < -0.4 is 5.32 Å². The van der Waals surface area contributed by atoms with Crippen molar-refractivity contribution in [1.29, 1.82) is 0 Å². The number of halogens is 3. The largest absolute Gasteiger partial charge is 0.435 e. The summed E-state index contributed by atoms with van der Waals surface area (Å²) in [5.41, 5.74) is 1.70. The number of amides is 1. The van der Waals surface area contributed by atoms with Crippen molar-refractivity contribution in [2.75, 3.05) is 5.32 Å². The van der Waals surface area contributed by atoms with Gasteiger partial charge < -0.3 is 5.32 Å². The summed E-state index contributed by atoms with van der Waals surface area (Å²) < 4.78 is 38.1. The van der Waals surface area contributed by atoms with Gasteiger partial charge in [-0.15, -0.1) is 0 Å². The van der Waals surface area contributed by atoms with E-state index in [0.29, 0.717) is 5.69 Å². The molecule has 1 aromatic heterocycles. The molecule has 0 saturated carbocycles. The molecule has 1 amide bonds. The number of aryl methyl sites for hydroxylation is 2. The van der Waals surface area contributed by atoms with E-state index >= 15 is 0 Å². The van der Waals surface area contributed by atoms with Crippen molar-refractivity contribution in [3.63, 3.8) is 0 Å². The van der Waals surface area contributed by atoms with Crippen LogP contribution in [0.25, 0.3) is 0 Å². The van der Waals surface area contributed by atoms with Crippen LogP contribution in [0.15, 0.2) is 30.5 Å².